The van der Waals surface area contributed by atoms with Crippen LogP contribution >= 0.6 is 0 Å². The average molecular weight is 625 g/mol. The Hall–Kier alpha value is -5.47. The highest BCUT2D eigenvalue weighted by atomic mass is 32.2. The smallest absolute Gasteiger partial charge is 0.255 e. The second kappa shape index (κ2) is 12.6. The SMILES string of the molecule is CCN(c1cc2oc(-c3ccc(F)cc3)c(C(=O)NC)c2cc1-c1cccc(C(=O)NC(C#N)c2ccccc2)c1)S(C)(=O)=O. The number of halogens is 1. The van der Waals surface area contributed by atoms with Crippen molar-refractivity contribution in [3.05, 3.63) is 114 Å². The first-order valence-electron chi connectivity index (χ1n) is 14.0. The van der Waals surface area contributed by atoms with E-state index in [0.29, 0.717) is 27.6 Å². The molecule has 0 aliphatic carbocycles. The number of nitriles is 1. The zero-order valence-electron chi connectivity index (χ0n) is 24.7. The van der Waals surface area contributed by atoms with Gasteiger partial charge in [-0.15, -0.1) is 0 Å². The molecule has 2 N–H and O–H groups in total. The Morgan fingerprint density at radius 2 is 1.67 bits per heavy atom. The van der Waals surface area contributed by atoms with Crippen molar-refractivity contribution < 1.29 is 26.8 Å². The second-order valence-electron chi connectivity index (χ2n) is 10.2. The van der Waals surface area contributed by atoms with Crippen molar-refractivity contribution in [1.29, 1.82) is 5.26 Å². The third-order valence-corrected chi connectivity index (χ3v) is 8.55. The van der Waals surface area contributed by atoms with Gasteiger partial charge in [0.1, 0.15) is 23.2 Å². The minimum Gasteiger partial charge on any atom is -0.455 e. The van der Waals surface area contributed by atoms with E-state index in [2.05, 4.69) is 16.7 Å². The summed E-state index contributed by atoms with van der Waals surface area (Å²) in [4.78, 5) is 26.5. The van der Waals surface area contributed by atoms with Gasteiger partial charge in [0, 0.05) is 41.7 Å². The highest BCUT2D eigenvalue weighted by Crippen LogP contribution is 2.41. The van der Waals surface area contributed by atoms with Gasteiger partial charge in [-0.25, -0.2) is 12.8 Å². The van der Waals surface area contributed by atoms with Gasteiger partial charge >= 0.3 is 0 Å². The molecule has 1 heterocycles. The first kappa shape index (κ1) is 31.0. The summed E-state index contributed by atoms with van der Waals surface area (Å²) < 4.78 is 46.9. The van der Waals surface area contributed by atoms with Crippen LogP contribution in [0.3, 0.4) is 0 Å². The lowest BCUT2D eigenvalue weighted by Crippen LogP contribution is -2.30. The number of carbonyl (C=O) groups is 2. The molecule has 1 aromatic heterocycles. The van der Waals surface area contributed by atoms with Gasteiger partial charge in [0.25, 0.3) is 11.8 Å². The number of amides is 2. The van der Waals surface area contributed by atoms with Crippen LogP contribution in [0.4, 0.5) is 10.1 Å². The third-order valence-electron chi connectivity index (χ3n) is 7.30. The van der Waals surface area contributed by atoms with Gasteiger partial charge in [0.2, 0.25) is 10.0 Å². The summed E-state index contributed by atoms with van der Waals surface area (Å²) in [5.74, 6) is -1.23. The van der Waals surface area contributed by atoms with Crippen LogP contribution in [0.25, 0.3) is 33.4 Å². The second-order valence-corrected chi connectivity index (χ2v) is 12.1. The molecule has 0 saturated carbocycles. The van der Waals surface area contributed by atoms with Crippen LogP contribution in [0, 0.1) is 17.1 Å². The maximum absolute atomic E-state index is 13.7. The largest absolute Gasteiger partial charge is 0.455 e. The quantitative estimate of drug-likeness (QED) is 0.205. The zero-order valence-corrected chi connectivity index (χ0v) is 25.5. The Kier molecular flexibility index (Phi) is 8.70. The van der Waals surface area contributed by atoms with Crippen LogP contribution in [-0.2, 0) is 10.0 Å². The highest BCUT2D eigenvalue weighted by molar-refractivity contribution is 7.92. The van der Waals surface area contributed by atoms with E-state index in [0.717, 1.165) is 6.26 Å². The summed E-state index contributed by atoms with van der Waals surface area (Å²) in [5.41, 5.74) is 2.92. The van der Waals surface area contributed by atoms with Gasteiger partial charge in [-0.3, -0.25) is 13.9 Å². The normalized spacial score (nSPS) is 11.9. The standard InChI is InChI=1S/C34H29FN4O5S/c1-4-39(45(3,42)43)29-19-30-27(31(34(41)37-2)32(44-30)22-13-15-25(35)16-14-22)18-26(29)23-11-8-12-24(17-23)33(40)38-28(20-36)21-9-6-5-7-10-21/h5-19,28H,4H2,1-3H3,(H,37,41)(H,38,40). The van der Waals surface area contributed by atoms with Crippen LogP contribution in [0.15, 0.2) is 95.4 Å². The maximum atomic E-state index is 13.7. The van der Waals surface area contributed by atoms with Crippen molar-refractivity contribution in [2.75, 3.05) is 24.2 Å². The Morgan fingerprint density at radius 3 is 2.29 bits per heavy atom. The Bertz CT molecular complexity index is 2050. The van der Waals surface area contributed by atoms with Crippen molar-refractivity contribution in [3.8, 4) is 28.5 Å². The number of furan rings is 1. The van der Waals surface area contributed by atoms with E-state index in [1.807, 2.05) is 6.07 Å². The van der Waals surface area contributed by atoms with Crippen molar-refractivity contribution >= 4 is 38.5 Å². The number of hydrogen-bond acceptors (Lipinski definition) is 6. The number of nitrogens with zero attached hydrogens (tertiary/aromatic N) is 2. The Balaban J connectivity index is 1.70. The monoisotopic (exact) mass is 624 g/mol. The molecule has 1 atom stereocenters. The number of rotatable bonds is 9. The lowest BCUT2D eigenvalue weighted by molar-refractivity contribution is 0.0942. The average Bonchev–Trinajstić information content (AvgIpc) is 3.41. The number of sulfonamides is 1. The number of fused-ring (bicyclic) bond motifs is 1. The van der Waals surface area contributed by atoms with E-state index < -0.39 is 33.7 Å². The lowest BCUT2D eigenvalue weighted by atomic mass is 9.97. The minimum absolute atomic E-state index is 0.0896. The number of carbonyl (C=O) groups excluding carboxylic acids is 2. The molecule has 0 spiro atoms. The van der Waals surface area contributed by atoms with E-state index in [-0.39, 0.29) is 34.7 Å². The van der Waals surface area contributed by atoms with Crippen molar-refractivity contribution in [3.63, 3.8) is 0 Å². The molecule has 11 heteroatoms. The van der Waals surface area contributed by atoms with Gasteiger partial charge in [-0.05, 0) is 60.5 Å². The minimum atomic E-state index is -3.77. The fourth-order valence-corrected chi connectivity index (χ4v) is 6.16. The third kappa shape index (κ3) is 6.27. The van der Waals surface area contributed by atoms with Gasteiger partial charge in [0.15, 0.2) is 0 Å². The topological polar surface area (TPSA) is 133 Å². The molecule has 5 aromatic rings. The molecule has 9 nitrogen and oxygen atoms in total. The van der Waals surface area contributed by atoms with Crippen molar-refractivity contribution in [2.45, 2.75) is 13.0 Å². The van der Waals surface area contributed by atoms with Gasteiger partial charge < -0.3 is 15.1 Å². The van der Waals surface area contributed by atoms with Crippen LogP contribution < -0.4 is 14.9 Å². The van der Waals surface area contributed by atoms with Crippen LogP contribution in [0.2, 0.25) is 0 Å². The molecule has 5 rings (SSSR count). The van der Waals surface area contributed by atoms with Crippen molar-refractivity contribution in [1.82, 2.24) is 10.6 Å². The molecule has 0 saturated heterocycles. The maximum Gasteiger partial charge on any atom is 0.255 e. The summed E-state index contributed by atoms with van der Waals surface area (Å²) in [6.07, 6.45) is 1.09. The predicted molar refractivity (Wildman–Crippen MR) is 171 cm³/mol. The van der Waals surface area contributed by atoms with E-state index >= 15 is 0 Å². The molecular weight excluding hydrogens is 595 g/mol. The summed E-state index contributed by atoms with van der Waals surface area (Å²) in [6.45, 7) is 1.78. The molecule has 1 unspecified atom stereocenters. The Labute approximate surface area is 259 Å². The number of anilines is 1. The molecule has 2 amide bonds. The van der Waals surface area contributed by atoms with Crippen LogP contribution in [0.5, 0.6) is 0 Å². The van der Waals surface area contributed by atoms with Crippen LogP contribution in [-0.4, -0.2) is 40.1 Å². The first-order valence-corrected chi connectivity index (χ1v) is 15.8. The number of nitrogens with one attached hydrogen (secondary N) is 2. The first-order chi connectivity index (χ1) is 21.5. The van der Waals surface area contributed by atoms with E-state index in [1.54, 1.807) is 67.6 Å². The van der Waals surface area contributed by atoms with Gasteiger partial charge in [-0.1, -0.05) is 42.5 Å². The fraction of sp³-hybridized carbons (Fsp3) is 0.147. The van der Waals surface area contributed by atoms with Gasteiger partial charge in [0.05, 0.1) is 23.6 Å². The summed E-state index contributed by atoms with van der Waals surface area (Å²) in [7, 11) is -2.30. The molecule has 0 fully saturated rings. The summed E-state index contributed by atoms with van der Waals surface area (Å²) in [6, 6.07) is 25.3. The van der Waals surface area contributed by atoms with Crippen LogP contribution in [0.1, 0.15) is 39.2 Å². The van der Waals surface area contributed by atoms with E-state index in [9.17, 15) is 27.7 Å². The van der Waals surface area contributed by atoms with E-state index in [4.69, 9.17) is 4.42 Å². The fourth-order valence-electron chi connectivity index (χ4n) is 5.19. The number of hydrogen-bond donors (Lipinski definition) is 2. The van der Waals surface area contributed by atoms with E-state index in [1.165, 1.54) is 35.6 Å². The molecule has 45 heavy (non-hydrogen) atoms. The summed E-state index contributed by atoms with van der Waals surface area (Å²) >= 11 is 0. The van der Waals surface area contributed by atoms with Gasteiger partial charge in [-0.2, -0.15) is 5.26 Å². The Morgan fingerprint density at radius 1 is 0.956 bits per heavy atom. The molecule has 0 radical (unpaired) electrons. The lowest BCUT2D eigenvalue weighted by Gasteiger charge is -2.24. The molecular formula is C34H29FN4O5S. The molecule has 0 bridgehead atoms. The highest BCUT2D eigenvalue weighted by Gasteiger charge is 2.27. The molecule has 4 aromatic carbocycles. The molecule has 0 aliphatic heterocycles. The zero-order chi connectivity index (χ0) is 32.3. The molecule has 228 valence electrons. The number of benzene rings is 4. The molecule has 0 aliphatic rings. The van der Waals surface area contributed by atoms with Crippen molar-refractivity contribution in [2.24, 2.45) is 0 Å². The predicted octanol–water partition coefficient (Wildman–Crippen LogP) is 6.05. The summed E-state index contributed by atoms with van der Waals surface area (Å²) in [5, 5.41) is 15.5.